The highest BCUT2D eigenvalue weighted by Crippen LogP contribution is 2.39. The first-order valence-corrected chi connectivity index (χ1v) is 12.3. The molecule has 180 valence electrons. The van der Waals surface area contributed by atoms with E-state index in [9.17, 15) is 4.79 Å². The fraction of sp³-hybridized carbons (Fsp3) is 0.429. The first kappa shape index (κ1) is 24.2. The smallest absolute Gasteiger partial charge is 0.274 e. The normalized spacial score (nSPS) is 13.9. The number of fused-ring (bicyclic) bond motifs is 1. The zero-order valence-electron chi connectivity index (χ0n) is 21.0. The second-order valence-corrected chi connectivity index (χ2v) is 9.57. The molecule has 1 aromatic heterocycles. The molecule has 1 aliphatic rings. The molecule has 6 heteroatoms. The monoisotopic (exact) mass is 460 g/mol. The molecular formula is C28H36N4O2. The van der Waals surface area contributed by atoms with Crippen LogP contribution in [0.15, 0.2) is 34.9 Å². The van der Waals surface area contributed by atoms with Crippen molar-refractivity contribution in [1.82, 2.24) is 15.4 Å². The summed E-state index contributed by atoms with van der Waals surface area (Å²) in [5.41, 5.74) is 15.1. The van der Waals surface area contributed by atoms with Crippen molar-refractivity contribution in [2.75, 3.05) is 26.2 Å². The number of carbonyl (C=O) groups excluding carboxylic acids is 1. The van der Waals surface area contributed by atoms with Gasteiger partial charge in [0, 0.05) is 38.3 Å². The average Bonchev–Trinajstić information content (AvgIpc) is 3.24. The summed E-state index contributed by atoms with van der Waals surface area (Å²) in [6, 6.07) is 10.9. The van der Waals surface area contributed by atoms with Gasteiger partial charge in [-0.2, -0.15) is 0 Å². The Morgan fingerprint density at radius 3 is 2.68 bits per heavy atom. The summed E-state index contributed by atoms with van der Waals surface area (Å²) < 4.78 is 5.92. The largest absolute Gasteiger partial charge is 0.355 e. The molecule has 2 aromatic carbocycles. The molecule has 0 spiro atoms. The van der Waals surface area contributed by atoms with Gasteiger partial charge in [-0.1, -0.05) is 43.3 Å². The summed E-state index contributed by atoms with van der Waals surface area (Å²) in [6.45, 7) is 14.5. The number of nitrogens with one attached hydrogen (secondary N) is 1. The number of hydrogen-bond donors (Lipinski definition) is 2. The first-order valence-electron chi connectivity index (χ1n) is 12.3. The molecule has 0 fully saturated rings. The van der Waals surface area contributed by atoms with E-state index in [0.29, 0.717) is 30.5 Å². The summed E-state index contributed by atoms with van der Waals surface area (Å²) in [5, 5.41) is 7.16. The number of rotatable bonds is 7. The summed E-state index contributed by atoms with van der Waals surface area (Å²) >= 11 is 0. The Hall–Kier alpha value is -2.96. The quantitative estimate of drug-likeness (QED) is 0.528. The highest BCUT2D eigenvalue weighted by Gasteiger charge is 2.27. The molecule has 0 bridgehead atoms. The Balaban J connectivity index is 1.85. The van der Waals surface area contributed by atoms with E-state index < -0.39 is 0 Å². The highest BCUT2D eigenvalue weighted by atomic mass is 16.5. The Bertz CT molecular complexity index is 1200. The van der Waals surface area contributed by atoms with Gasteiger partial charge in [0.05, 0.1) is 5.56 Å². The summed E-state index contributed by atoms with van der Waals surface area (Å²) in [6.07, 6.45) is 0.960. The second kappa shape index (κ2) is 10.1. The van der Waals surface area contributed by atoms with Crippen LogP contribution >= 0.6 is 0 Å². The molecule has 0 unspecified atom stereocenters. The van der Waals surface area contributed by atoms with E-state index in [0.717, 1.165) is 48.3 Å². The SMILES string of the molecule is CCNC(=O)c1noc(-c2cc(C(C)C)c(C)cc2C)c1-c1ccc2c(c1)CCN(CCN)C2. The molecule has 0 saturated carbocycles. The lowest BCUT2D eigenvalue weighted by molar-refractivity contribution is 0.0947. The summed E-state index contributed by atoms with van der Waals surface area (Å²) in [4.78, 5) is 15.3. The topological polar surface area (TPSA) is 84.4 Å². The van der Waals surface area contributed by atoms with Crippen molar-refractivity contribution >= 4 is 5.91 Å². The lowest BCUT2D eigenvalue weighted by Gasteiger charge is -2.28. The van der Waals surface area contributed by atoms with E-state index in [1.54, 1.807) is 0 Å². The van der Waals surface area contributed by atoms with Crippen molar-refractivity contribution in [3.05, 3.63) is 63.8 Å². The number of amides is 1. The number of nitrogens with zero attached hydrogens (tertiary/aromatic N) is 2. The summed E-state index contributed by atoms with van der Waals surface area (Å²) in [7, 11) is 0. The third-order valence-corrected chi connectivity index (χ3v) is 6.76. The van der Waals surface area contributed by atoms with E-state index in [1.165, 1.54) is 22.3 Å². The maximum absolute atomic E-state index is 12.9. The maximum Gasteiger partial charge on any atom is 0.274 e. The number of carbonyl (C=O) groups is 1. The van der Waals surface area contributed by atoms with Gasteiger partial charge in [0.25, 0.3) is 5.91 Å². The van der Waals surface area contributed by atoms with Gasteiger partial charge in [0.2, 0.25) is 0 Å². The van der Waals surface area contributed by atoms with E-state index >= 15 is 0 Å². The standard InChI is InChI=1S/C28H36N4O2/c1-6-30-28(33)26-25(21-7-8-22-16-32(12-10-29)11-9-20(22)14-21)27(34-31-26)24-15-23(17(2)3)18(4)13-19(24)5/h7-8,13-15,17H,6,9-12,16,29H2,1-5H3,(H,30,33). The van der Waals surface area contributed by atoms with E-state index in [4.69, 9.17) is 10.3 Å². The average molecular weight is 461 g/mol. The molecule has 3 aromatic rings. The van der Waals surface area contributed by atoms with Gasteiger partial charge in [0.15, 0.2) is 11.5 Å². The van der Waals surface area contributed by atoms with Crippen LogP contribution in [0.25, 0.3) is 22.5 Å². The maximum atomic E-state index is 12.9. The fourth-order valence-electron chi connectivity index (χ4n) is 5.02. The van der Waals surface area contributed by atoms with Gasteiger partial charge in [-0.05, 0) is 72.6 Å². The van der Waals surface area contributed by atoms with Gasteiger partial charge in [-0.25, -0.2) is 0 Å². The Morgan fingerprint density at radius 2 is 1.97 bits per heavy atom. The zero-order valence-corrected chi connectivity index (χ0v) is 21.0. The van der Waals surface area contributed by atoms with Gasteiger partial charge in [0.1, 0.15) is 0 Å². The van der Waals surface area contributed by atoms with Gasteiger partial charge in [-0.15, -0.1) is 0 Å². The van der Waals surface area contributed by atoms with Crippen molar-refractivity contribution in [3.63, 3.8) is 0 Å². The first-order chi connectivity index (χ1) is 16.3. The number of aromatic nitrogens is 1. The zero-order chi connectivity index (χ0) is 24.4. The Labute approximate surface area is 202 Å². The lowest BCUT2D eigenvalue weighted by Crippen LogP contribution is -2.34. The Morgan fingerprint density at radius 1 is 1.18 bits per heavy atom. The number of aryl methyl sites for hydroxylation is 2. The van der Waals surface area contributed by atoms with Crippen molar-refractivity contribution in [1.29, 1.82) is 0 Å². The fourth-order valence-corrected chi connectivity index (χ4v) is 5.02. The van der Waals surface area contributed by atoms with Crippen LogP contribution in [0.5, 0.6) is 0 Å². The minimum atomic E-state index is -0.215. The van der Waals surface area contributed by atoms with Gasteiger partial charge >= 0.3 is 0 Å². The lowest BCUT2D eigenvalue weighted by atomic mass is 9.88. The van der Waals surface area contributed by atoms with Crippen molar-refractivity contribution in [3.8, 4) is 22.5 Å². The third kappa shape index (κ3) is 4.65. The third-order valence-electron chi connectivity index (χ3n) is 6.76. The van der Waals surface area contributed by atoms with Crippen LogP contribution in [0, 0.1) is 13.8 Å². The van der Waals surface area contributed by atoms with Crippen LogP contribution in [-0.4, -0.2) is 42.1 Å². The van der Waals surface area contributed by atoms with Crippen LogP contribution < -0.4 is 11.1 Å². The minimum absolute atomic E-state index is 0.215. The molecule has 0 saturated heterocycles. The number of hydrogen-bond acceptors (Lipinski definition) is 5. The molecule has 2 heterocycles. The summed E-state index contributed by atoms with van der Waals surface area (Å²) in [5.74, 6) is 0.822. The van der Waals surface area contributed by atoms with E-state index in [2.05, 4.69) is 73.4 Å². The molecule has 1 aliphatic heterocycles. The van der Waals surface area contributed by atoms with Crippen LogP contribution in [0.2, 0.25) is 0 Å². The molecule has 4 rings (SSSR count). The van der Waals surface area contributed by atoms with Crippen molar-refractivity contribution in [2.45, 2.75) is 53.5 Å². The molecule has 34 heavy (non-hydrogen) atoms. The molecule has 0 aliphatic carbocycles. The predicted molar refractivity (Wildman–Crippen MR) is 137 cm³/mol. The highest BCUT2D eigenvalue weighted by molar-refractivity contribution is 6.02. The minimum Gasteiger partial charge on any atom is -0.355 e. The molecular weight excluding hydrogens is 424 g/mol. The Kier molecular flexibility index (Phi) is 7.19. The van der Waals surface area contributed by atoms with Crippen LogP contribution in [0.3, 0.4) is 0 Å². The van der Waals surface area contributed by atoms with Gasteiger partial charge < -0.3 is 15.6 Å². The van der Waals surface area contributed by atoms with Crippen molar-refractivity contribution in [2.24, 2.45) is 5.73 Å². The number of benzene rings is 2. The molecule has 0 radical (unpaired) electrons. The predicted octanol–water partition coefficient (Wildman–Crippen LogP) is 4.82. The van der Waals surface area contributed by atoms with Crippen molar-refractivity contribution < 1.29 is 9.32 Å². The van der Waals surface area contributed by atoms with E-state index in [1.807, 2.05) is 6.92 Å². The molecule has 1 amide bonds. The van der Waals surface area contributed by atoms with Crippen LogP contribution in [0.1, 0.15) is 65.0 Å². The molecule has 0 atom stereocenters. The van der Waals surface area contributed by atoms with E-state index in [-0.39, 0.29) is 5.91 Å². The second-order valence-electron chi connectivity index (χ2n) is 9.57. The van der Waals surface area contributed by atoms with Crippen LogP contribution in [0.4, 0.5) is 0 Å². The number of nitrogens with two attached hydrogens (primary N) is 1. The molecule has 3 N–H and O–H groups in total. The molecule has 6 nitrogen and oxygen atoms in total. The van der Waals surface area contributed by atoms with Gasteiger partial charge in [-0.3, -0.25) is 9.69 Å². The van der Waals surface area contributed by atoms with Crippen LogP contribution in [-0.2, 0) is 13.0 Å².